The number of carbonyl (C=O) groups is 1. The van der Waals surface area contributed by atoms with Gasteiger partial charge in [0.2, 0.25) is 5.91 Å². The molecule has 0 fully saturated rings. The molecular formula is C16H17BrN2O2. The number of ether oxygens (including phenoxy) is 1. The summed E-state index contributed by atoms with van der Waals surface area (Å²) in [6, 6.07) is 13.0. The van der Waals surface area contributed by atoms with Crippen LogP contribution in [-0.2, 0) is 4.79 Å². The molecule has 2 aromatic carbocycles. The molecule has 0 spiro atoms. The summed E-state index contributed by atoms with van der Waals surface area (Å²) in [5.74, 6) is 1.11. The maximum Gasteiger partial charge on any atom is 0.221 e. The first-order chi connectivity index (χ1) is 9.97. The SMILES string of the molecule is CC(=O)Nc1ccccc1Oc1ccc([C@H](C)N)cc1Br. The van der Waals surface area contributed by atoms with Gasteiger partial charge in [-0.25, -0.2) is 0 Å². The number of halogens is 1. The fourth-order valence-corrected chi connectivity index (χ4v) is 2.33. The van der Waals surface area contributed by atoms with Gasteiger partial charge in [0, 0.05) is 13.0 Å². The Labute approximate surface area is 132 Å². The standard InChI is InChI=1S/C16H17BrN2O2/c1-10(18)12-7-8-15(13(17)9-12)21-16-6-4-3-5-14(16)19-11(2)20/h3-10H,18H2,1-2H3,(H,19,20)/t10-/m0/s1. The van der Waals surface area contributed by atoms with Crippen molar-refractivity contribution in [2.45, 2.75) is 19.9 Å². The van der Waals surface area contributed by atoms with E-state index in [0.717, 1.165) is 10.0 Å². The lowest BCUT2D eigenvalue weighted by Crippen LogP contribution is -2.07. The Hall–Kier alpha value is -1.85. The molecule has 2 rings (SSSR count). The Balaban J connectivity index is 2.28. The number of carbonyl (C=O) groups excluding carboxylic acids is 1. The predicted molar refractivity (Wildman–Crippen MR) is 87.6 cm³/mol. The lowest BCUT2D eigenvalue weighted by Gasteiger charge is -2.14. The van der Waals surface area contributed by atoms with Crippen LogP contribution >= 0.6 is 15.9 Å². The molecule has 0 heterocycles. The van der Waals surface area contributed by atoms with Gasteiger partial charge >= 0.3 is 0 Å². The van der Waals surface area contributed by atoms with Gasteiger partial charge in [0.25, 0.3) is 0 Å². The number of amides is 1. The summed E-state index contributed by atoms with van der Waals surface area (Å²) in [5.41, 5.74) is 7.51. The average Bonchev–Trinajstić information content (AvgIpc) is 2.42. The molecule has 110 valence electrons. The molecule has 2 aromatic rings. The summed E-state index contributed by atoms with van der Waals surface area (Å²) in [4.78, 5) is 11.2. The van der Waals surface area contributed by atoms with Crippen molar-refractivity contribution in [3.05, 3.63) is 52.5 Å². The minimum atomic E-state index is -0.141. The molecule has 1 atom stereocenters. The van der Waals surface area contributed by atoms with Gasteiger partial charge < -0.3 is 15.8 Å². The van der Waals surface area contributed by atoms with E-state index >= 15 is 0 Å². The number of para-hydroxylation sites is 2. The number of hydrogen-bond donors (Lipinski definition) is 2. The zero-order chi connectivity index (χ0) is 15.4. The molecule has 0 saturated heterocycles. The summed E-state index contributed by atoms with van der Waals surface area (Å²) in [6.45, 7) is 3.39. The predicted octanol–water partition coefficient (Wildman–Crippen LogP) is 4.22. The van der Waals surface area contributed by atoms with Crippen LogP contribution < -0.4 is 15.8 Å². The topological polar surface area (TPSA) is 64.3 Å². The highest BCUT2D eigenvalue weighted by Crippen LogP contribution is 2.34. The van der Waals surface area contributed by atoms with Crippen molar-refractivity contribution in [3.63, 3.8) is 0 Å². The van der Waals surface area contributed by atoms with Gasteiger partial charge in [0.05, 0.1) is 10.2 Å². The summed E-state index contributed by atoms with van der Waals surface area (Å²) < 4.78 is 6.69. The average molecular weight is 349 g/mol. The Morgan fingerprint density at radius 1 is 1.24 bits per heavy atom. The smallest absolute Gasteiger partial charge is 0.221 e. The second kappa shape index (κ2) is 6.74. The van der Waals surface area contributed by atoms with Gasteiger partial charge in [-0.15, -0.1) is 0 Å². The highest BCUT2D eigenvalue weighted by atomic mass is 79.9. The van der Waals surface area contributed by atoms with Gasteiger partial charge in [-0.1, -0.05) is 18.2 Å². The fourth-order valence-electron chi connectivity index (χ4n) is 1.85. The molecule has 5 heteroatoms. The van der Waals surface area contributed by atoms with Crippen molar-refractivity contribution in [1.82, 2.24) is 0 Å². The van der Waals surface area contributed by atoms with E-state index in [0.29, 0.717) is 17.2 Å². The highest BCUT2D eigenvalue weighted by molar-refractivity contribution is 9.10. The van der Waals surface area contributed by atoms with E-state index in [2.05, 4.69) is 21.2 Å². The van der Waals surface area contributed by atoms with Crippen LogP contribution in [-0.4, -0.2) is 5.91 Å². The molecule has 0 unspecified atom stereocenters. The summed E-state index contributed by atoms with van der Waals surface area (Å²) in [5, 5.41) is 2.74. The Kier molecular flexibility index (Phi) is 4.98. The van der Waals surface area contributed by atoms with Crippen LogP contribution in [0.25, 0.3) is 0 Å². The Morgan fingerprint density at radius 3 is 2.57 bits per heavy atom. The first-order valence-electron chi connectivity index (χ1n) is 6.57. The minimum Gasteiger partial charge on any atom is -0.454 e. The summed E-state index contributed by atoms with van der Waals surface area (Å²) in [7, 11) is 0. The van der Waals surface area contributed by atoms with Gasteiger partial charge in [0.1, 0.15) is 5.75 Å². The Bertz CT molecular complexity index is 656. The van der Waals surface area contributed by atoms with E-state index in [-0.39, 0.29) is 11.9 Å². The van der Waals surface area contributed by atoms with Gasteiger partial charge in [-0.2, -0.15) is 0 Å². The molecule has 0 aromatic heterocycles. The molecule has 0 aliphatic heterocycles. The van der Waals surface area contributed by atoms with E-state index < -0.39 is 0 Å². The van der Waals surface area contributed by atoms with Crippen molar-refractivity contribution in [2.24, 2.45) is 5.73 Å². The number of rotatable bonds is 4. The van der Waals surface area contributed by atoms with E-state index in [1.165, 1.54) is 6.92 Å². The van der Waals surface area contributed by atoms with Crippen LogP contribution in [0, 0.1) is 0 Å². The van der Waals surface area contributed by atoms with E-state index in [4.69, 9.17) is 10.5 Å². The largest absolute Gasteiger partial charge is 0.454 e. The first-order valence-corrected chi connectivity index (χ1v) is 7.36. The second-order valence-electron chi connectivity index (χ2n) is 4.76. The van der Waals surface area contributed by atoms with Crippen molar-refractivity contribution in [2.75, 3.05) is 5.32 Å². The van der Waals surface area contributed by atoms with Gasteiger partial charge in [-0.05, 0) is 52.7 Å². The first kappa shape index (κ1) is 15.5. The van der Waals surface area contributed by atoms with Crippen molar-refractivity contribution < 1.29 is 9.53 Å². The molecule has 0 radical (unpaired) electrons. The molecule has 0 saturated carbocycles. The molecule has 21 heavy (non-hydrogen) atoms. The van der Waals surface area contributed by atoms with Crippen LogP contribution in [0.3, 0.4) is 0 Å². The third-order valence-electron chi connectivity index (χ3n) is 2.90. The van der Waals surface area contributed by atoms with Crippen molar-refractivity contribution in [3.8, 4) is 11.5 Å². The van der Waals surface area contributed by atoms with Crippen LogP contribution in [0.4, 0.5) is 5.69 Å². The molecule has 0 bridgehead atoms. The normalized spacial score (nSPS) is 11.8. The zero-order valence-corrected chi connectivity index (χ0v) is 13.5. The monoisotopic (exact) mass is 348 g/mol. The fraction of sp³-hybridized carbons (Fsp3) is 0.188. The van der Waals surface area contributed by atoms with Gasteiger partial charge in [-0.3, -0.25) is 4.79 Å². The lowest BCUT2D eigenvalue weighted by molar-refractivity contribution is -0.114. The molecule has 0 aliphatic carbocycles. The summed E-state index contributed by atoms with van der Waals surface area (Å²) in [6.07, 6.45) is 0. The van der Waals surface area contributed by atoms with Crippen LogP contribution in [0.1, 0.15) is 25.5 Å². The number of nitrogens with one attached hydrogen (secondary N) is 1. The highest BCUT2D eigenvalue weighted by Gasteiger charge is 2.09. The number of hydrogen-bond acceptors (Lipinski definition) is 3. The molecule has 4 nitrogen and oxygen atoms in total. The van der Waals surface area contributed by atoms with E-state index in [9.17, 15) is 4.79 Å². The van der Waals surface area contributed by atoms with Gasteiger partial charge in [0.15, 0.2) is 5.75 Å². The van der Waals surface area contributed by atoms with Crippen LogP contribution in [0.2, 0.25) is 0 Å². The molecule has 0 aliphatic rings. The van der Waals surface area contributed by atoms with Crippen LogP contribution in [0.15, 0.2) is 46.9 Å². The summed E-state index contributed by atoms with van der Waals surface area (Å²) >= 11 is 3.48. The van der Waals surface area contributed by atoms with Crippen molar-refractivity contribution in [1.29, 1.82) is 0 Å². The third-order valence-corrected chi connectivity index (χ3v) is 3.52. The number of anilines is 1. The molecule has 3 N–H and O–H groups in total. The third kappa shape index (κ3) is 4.06. The maximum absolute atomic E-state index is 11.2. The van der Waals surface area contributed by atoms with Crippen molar-refractivity contribution >= 4 is 27.5 Å². The second-order valence-corrected chi connectivity index (χ2v) is 5.61. The van der Waals surface area contributed by atoms with E-state index in [1.807, 2.05) is 37.3 Å². The number of nitrogens with two attached hydrogens (primary N) is 1. The maximum atomic E-state index is 11.2. The number of benzene rings is 2. The van der Waals surface area contributed by atoms with E-state index in [1.54, 1.807) is 12.1 Å². The Morgan fingerprint density at radius 2 is 1.95 bits per heavy atom. The quantitative estimate of drug-likeness (QED) is 0.869. The molecule has 1 amide bonds. The zero-order valence-electron chi connectivity index (χ0n) is 11.9. The lowest BCUT2D eigenvalue weighted by atomic mass is 10.1. The molecular weight excluding hydrogens is 332 g/mol. The van der Waals surface area contributed by atoms with Crippen LogP contribution in [0.5, 0.6) is 11.5 Å². The minimum absolute atomic E-state index is 0.0398.